The third-order valence-corrected chi connectivity index (χ3v) is 3.53. The van der Waals surface area contributed by atoms with Crippen molar-refractivity contribution >= 4 is 10.0 Å². The van der Waals surface area contributed by atoms with Gasteiger partial charge in [0.15, 0.2) is 0 Å². The summed E-state index contributed by atoms with van der Waals surface area (Å²) in [5.41, 5.74) is 9.80. The van der Waals surface area contributed by atoms with Gasteiger partial charge >= 0.3 is 20.1 Å². The van der Waals surface area contributed by atoms with E-state index in [1.807, 2.05) is 48.5 Å². The molecule has 0 spiro atoms. The van der Waals surface area contributed by atoms with Gasteiger partial charge in [0.2, 0.25) is 0 Å². The van der Waals surface area contributed by atoms with E-state index < -0.39 is 22.1 Å². The summed E-state index contributed by atoms with van der Waals surface area (Å²) in [7, 11) is -3.52. The first-order chi connectivity index (χ1) is 9.47. The quantitative estimate of drug-likeness (QED) is 0.580. The van der Waals surface area contributed by atoms with Crippen LogP contribution in [0.3, 0.4) is 0 Å². The number of hydrogen-bond acceptors (Lipinski definition) is 2. The van der Waals surface area contributed by atoms with Crippen LogP contribution < -0.4 is 0 Å². The fourth-order valence-electron chi connectivity index (χ4n) is 2.01. The summed E-state index contributed by atoms with van der Waals surface area (Å²) in [6.45, 7) is 0. The van der Waals surface area contributed by atoms with E-state index in [0.29, 0.717) is 0 Å². The van der Waals surface area contributed by atoms with E-state index in [-0.39, 0.29) is 27.5 Å². The summed E-state index contributed by atoms with van der Waals surface area (Å²) in [4.78, 5) is 0. The molecule has 120 valence electrons. The predicted octanol–water partition coefficient (Wildman–Crippen LogP) is 4.30. The van der Waals surface area contributed by atoms with E-state index in [0.717, 1.165) is 17.4 Å². The molecular formula is C16H19IrN2O2S. The van der Waals surface area contributed by atoms with Crippen molar-refractivity contribution in [3.8, 4) is 0 Å². The molecule has 0 saturated carbocycles. The van der Waals surface area contributed by atoms with Gasteiger partial charge in [-0.05, 0) is 0 Å². The first-order valence-electron chi connectivity index (χ1n) is 6.20. The van der Waals surface area contributed by atoms with Crippen LogP contribution in [0.15, 0.2) is 60.7 Å². The van der Waals surface area contributed by atoms with E-state index in [9.17, 15) is 8.42 Å². The Bertz CT molecular complexity index is 648. The SMILES string of the molecule is CS(=O)(=O)[N-][C@H](c1ccccc1)[C@H]([NH-])c1ccccc1.[CH3-].[Ir+3]. The monoisotopic (exact) mass is 496 g/mol. The molecule has 2 aromatic carbocycles. The van der Waals surface area contributed by atoms with Gasteiger partial charge in [0.25, 0.3) is 0 Å². The maximum absolute atomic E-state index is 11.5. The van der Waals surface area contributed by atoms with Gasteiger partial charge in [0.1, 0.15) is 0 Å². The third kappa shape index (κ3) is 5.99. The van der Waals surface area contributed by atoms with Crippen LogP contribution in [-0.4, -0.2) is 14.7 Å². The van der Waals surface area contributed by atoms with Gasteiger partial charge in [-0.1, -0.05) is 71.8 Å². The van der Waals surface area contributed by atoms with Crippen LogP contribution in [0.1, 0.15) is 23.2 Å². The van der Waals surface area contributed by atoms with E-state index in [2.05, 4.69) is 4.72 Å². The molecule has 0 radical (unpaired) electrons. The predicted molar refractivity (Wildman–Crippen MR) is 87.3 cm³/mol. The molecule has 0 bridgehead atoms. The van der Waals surface area contributed by atoms with Gasteiger partial charge in [-0.2, -0.15) is 0 Å². The van der Waals surface area contributed by atoms with Crippen molar-refractivity contribution in [2.45, 2.75) is 12.1 Å². The Hall–Kier alpha value is -1.04. The van der Waals surface area contributed by atoms with E-state index >= 15 is 0 Å². The molecule has 2 atom stereocenters. The smallest absolute Gasteiger partial charge is 0.672 e. The Morgan fingerprint density at radius 1 is 0.909 bits per heavy atom. The molecule has 22 heavy (non-hydrogen) atoms. The van der Waals surface area contributed by atoms with Crippen LogP contribution in [-0.2, 0) is 30.1 Å². The minimum Gasteiger partial charge on any atom is -0.672 e. The maximum atomic E-state index is 11.5. The molecular weight excluding hydrogens is 476 g/mol. The Morgan fingerprint density at radius 3 is 1.73 bits per heavy atom. The van der Waals surface area contributed by atoms with Gasteiger partial charge in [-0.25, -0.2) is 8.42 Å². The summed E-state index contributed by atoms with van der Waals surface area (Å²) in [6, 6.07) is 16.7. The molecule has 0 aliphatic rings. The minimum atomic E-state index is -3.52. The van der Waals surface area contributed by atoms with Crippen molar-refractivity contribution in [1.82, 2.24) is 0 Å². The number of nitrogens with zero attached hydrogens (tertiary/aromatic N) is 1. The number of hydrogen-bond donors (Lipinski definition) is 0. The van der Waals surface area contributed by atoms with Crippen LogP contribution >= 0.6 is 0 Å². The van der Waals surface area contributed by atoms with Gasteiger partial charge in [0, 0.05) is 6.26 Å². The van der Waals surface area contributed by atoms with Gasteiger partial charge < -0.3 is 17.9 Å². The molecule has 0 unspecified atom stereocenters. The van der Waals surface area contributed by atoms with Crippen LogP contribution in [0.2, 0.25) is 0 Å². The van der Waals surface area contributed by atoms with Crippen molar-refractivity contribution in [1.29, 1.82) is 0 Å². The molecule has 0 aliphatic heterocycles. The number of nitrogens with one attached hydrogen (secondary N) is 1. The Balaban J connectivity index is 0.00000220. The summed E-state index contributed by atoms with van der Waals surface area (Å²) < 4.78 is 26.8. The Morgan fingerprint density at radius 2 is 1.32 bits per heavy atom. The molecule has 0 aliphatic carbocycles. The fraction of sp³-hybridized carbons (Fsp3) is 0.188. The molecule has 2 rings (SSSR count). The zero-order valence-corrected chi connectivity index (χ0v) is 15.6. The molecule has 0 saturated heterocycles. The van der Waals surface area contributed by atoms with Gasteiger partial charge in [-0.3, -0.25) is 0 Å². The maximum Gasteiger partial charge on any atom is 3.00 e. The van der Waals surface area contributed by atoms with Crippen LogP contribution in [0, 0.1) is 7.43 Å². The summed E-state index contributed by atoms with van der Waals surface area (Å²) in [5, 5.41) is 0. The number of benzene rings is 2. The standard InChI is InChI=1S/C15H16N2O2S.CH3.Ir/c1-20(18,19)17-15(13-10-6-3-7-11-13)14(16)12-8-4-2-5-9-12;;/h2-11,14-16H,1H3;1H3;/q-2;-1;+3/t14-,15-;;/m1../s1. The molecule has 1 N–H and O–H groups in total. The average Bonchev–Trinajstić information content (AvgIpc) is 2.45. The van der Waals surface area contributed by atoms with Gasteiger partial charge in [-0.15, -0.1) is 12.1 Å². The van der Waals surface area contributed by atoms with E-state index in [1.54, 1.807) is 12.1 Å². The molecule has 0 heterocycles. The summed E-state index contributed by atoms with van der Waals surface area (Å²) >= 11 is 0. The zero-order chi connectivity index (χ0) is 14.6. The molecule has 6 heteroatoms. The largest absolute Gasteiger partial charge is 3.00 e. The van der Waals surface area contributed by atoms with E-state index in [4.69, 9.17) is 5.73 Å². The Kier molecular flexibility index (Phi) is 8.74. The molecule has 0 fully saturated rings. The Labute approximate surface area is 146 Å². The van der Waals surface area contributed by atoms with Crippen molar-refractivity contribution in [2.24, 2.45) is 0 Å². The second-order valence-corrected chi connectivity index (χ2v) is 6.26. The van der Waals surface area contributed by atoms with Crippen molar-refractivity contribution in [3.05, 3.63) is 89.7 Å². The van der Waals surface area contributed by atoms with Crippen molar-refractivity contribution in [2.75, 3.05) is 6.26 Å². The second-order valence-electron chi connectivity index (χ2n) is 4.58. The molecule has 2 aromatic rings. The van der Waals surface area contributed by atoms with Crippen molar-refractivity contribution in [3.63, 3.8) is 0 Å². The van der Waals surface area contributed by atoms with Gasteiger partial charge in [0.05, 0.1) is 10.0 Å². The first-order valence-corrected chi connectivity index (χ1v) is 8.05. The van der Waals surface area contributed by atoms with E-state index in [1.165, 1.54) is 0 Å². The third-order valence-electron chi connectivity index (χ3n) is 2.92. The molecule has 0 amide bonds. The van der Waals surface area contributed by atoms with Crippen LogP contribution in [0.25, 0.3) is 10.5 Å². The normalized spacial score (nSPS) is 13.4. The summed E-state index contributed by atoms with van der Waals surface area (Å²) in [6.07, 6.45) is 1.06. The molecule has 4 nitrogen and oxygen atoms in total. The fourth-order valence-corrected chi connectivity index (χ4v) is 2.67. The van der Waals surface area contributed by atoms with Crippen LogP contribution in [0.4, 0.5) is 0 Å². The first kappa shape index (κ1) is 21.0. The average molecular weight is 496 g/mol. The second kappa shape index (κ2) is 9.18. The summed E-state index contributed by atoms with van der Waals surface area (Å²) in [5.74, 6) is 0. The number of sulfonamides is 1. The number of rotatable bonds is 5. The molecule has 0 aromatic heterocycles. The topological polar surface area (TPSA) is 72.0 Å². The zero-order valence-electron chi connectivity index (χ0n) is 12.4. The van der Waals surface area contributed by atoms with Crippen LogP contribution in [0.5, 0.6) is 0 Å². The minimum absolute atomic E-state index is 0. The van der Waals surface area contributed by atoms with Crippen molar-refractivity contribution < 1.29 is 28.5 Å².